The van der Waals surface area contributed by atoms with Crippen molar-refractivity contribution in [2.75, 3.05) is 26.2 Å². The third-order valence-corrected chi connectivity index (χ3v) is 4.29. The summed E-state index contributed by atoms with van der Waals surface area (Å²) in [5.74, 6) is 0.213. The Labute approximate surface area is 159 Å². The lowest BCUT2D eigenvalue weighted by Gasteiger charge is -2.32. The minimum absolute atomic E-state index is 0.137. The van der Waals surface area contributed by atoms with Gasteiger partial charge in [0.05, 0.1) is 24.8 Å². The predicted octanol–water partition coefficient (Wildman–Crippen LogP) is 2.37. The van der Waals surface area contributed by atoms with E-state index >= 15 is 0 Å². The third-order valence-electron chi connectivity index (χ3n) is 4.29. The lowest BCUT2D eigenvalue weighted by molar-refractivity contribution is 0.0963. The van der Waals surface area contributed by atoms with E-state index < -0.39 is 0 Å². The van der Waals surface area contributed by atoms with E-state index in [1.165, 1.54) is 18.2 Å². The highest BCUT2D eigenvalue weighted by Crippen LogP contribution is 2.13. The first-order chi connectivity index (χ1) is 13.1. The molecule has 2 N–H and O–H groups in total. The molecule has 1 heterocycles. The molecular weight excluding hydrogens is 349 g/mol. The smallest absolute Gasteiger partial charge is 0.409 e. The van der Waals surface area contributed by atoms with Crippen LogP contribution in [-0.2, 0) is 11.3 Å². The predicted molar refractivity (Wildman–Crippen MR) is 101 cm³/mol. The van der Waals surface area contributed by atoms with Crippen LogP contribution in [0.15, 0.2) is 23.2 Å². The number of hydrogen-bond acceptors (Lipinski definition) is 4. The van der Waals surface area contributed by atoms with Gasteiger partial charge < -0.3 is 20.3 Å². The molecular formula is C19H26FN5O2. The topological polar surface area (TPSA) is 89.8 Å². The Morgan fingerprint density at radius 3 is 2.78 bits per heavy atom. The van der Waals surface area contributed by atoms with Gasteiger partial charge in [-0.05, 0) is 44.9 Å². The Kier molecular flexibility index (Phi) is 7.86. The molecule has 1 aliphatic rings. The van der Waals surface area contributed by atoms with Crippen molar-refractivity contribution in [3.63, 3.8) is 0 Å². The fraction of sp³-hybridized carbons (Fsp3) is 0.526. The van der Waals surface area contributed by atoms with Gasteiger partial charge in [-0.2, -0.15) is 5.26 Å². The summed E-state index contributed by atoms with van der Waals surface area (Å²) in [6.45, 7) is 6.17. The van der Waals surface area contributed by atoms with E-state index in [4.69, 9.17) is 10.00 Å². The van der Waals surface area contributed by atoms with Crippen LogP contribution >= 0.6 is 0 Å². The molecule has 0 aromatic heterocycles. The first-order valence-corrected chi connectivity index (χ1v) is 9.22. The molecule has 1 aromatic rings. The molecule has 1 aliphatic heterocycles. The number of likely N-dealkylation sites (tertiary alicyclic amines) is 1. The lowest BCUT2D eigenvalue weighted by Crippen LogP contribution is -2.49. The fourth-order valence-corrected chi connectivity index (χ4v) is 2.86. The largest absolute Gasteiger partial charge is 0.450 e. The van der Waals surface area contributed by atoms with Gasteiger partial charge in [-0.1, -0.05) is 0 Å². The van der Waals surface area contributed by atoms with E-state index in [-0.39, 0.29) is 24.5 Å². The number of halogens is 1. The zero-order valence-electron chi connectivity index (χ0n) is 15.8. The van der Waals surface area contributed by atoms with Crippen LogP contribution in [0.4, 0.5) is 9.18 Å². The molecule has 0 spiro atoms. The first kappa shape index (κ1) is 20.5. The van der Waals surface area contributed by atoms with Gasteiger partial charge in [-0.15, -0.1) is 0 Å². The van der Waals surface area contributed by atoms with Crippen molar-refractivity contribution in [2.45, 2.75) is 39.3 Å². The van der Waals surface area contributed by atoms with E-state index in [2.05, 4.69) is 15.6 Å². The van der Waals surface area contributed by atoms with E-state index in [0.717, 1.165) is 12.8 Å². The van der Waals surface area contributed by atoms with Gasteiger partial charge in [-0.3, -0.25) is 0 Å². The standard InChI is InChI=1S/C19H26FN5O2/c1-3-22-18(23-13-15-11-14(12-21)5-6-17(15)20)24-16-7-9-25(10-8-16)19(26)27-4-2/h5-6,11,16H,3-4,7-10,13H2,1-2H3,(H2,22,23,24). The molecule has 7 nitrogen and oxygen atoms in total. The van der Waals surface area contributed by atoms with Crippen LogP contribution in [0.3, 0.4) is 0 Å². The fourth-order valence-electron chi connectivity index (χ4n) is 2.86. The lowest BCUT2D eigenvalue weighted by atomic mass is 10.1. The molecule has 0 unspecified atom stereocenters. The van der Waals surface area contributed by atoms with Crippen molar-refractivity contribution in [1.82, 2.24) is 15.5 Å². The number of rotatable bonds is 5. The van der Waals surface area contributed by atoms with Crippen LogP contribution in [0.2, 0.25) is 0 Å². The number of carbonyl (C=O) groups is 1. The van der Waals surface area contributed by atoms with E-state index in [9.17, 15) is 9.18 Å². The summed E-state index contributed by atoms with van der Waals surface area (Å²) in [6.07, 6.45) is 1.28. The highest BCUT2D eigenvalue weighted by molar-refractivity contribution is 5.80. The van der Waals surface area contributed by atoms with Gasteiger partial charge >= 0.3 is 6.09 Å². The maximum absolute atomic E-state index is 13.9. The summed E-state index contributed by atoms with van der Waals surface area (Å²) in [6, 6.07) is 6.43. The van der Waals surface area contributed by atoms with Gasteiger partial charge in [0.25, 0.3) is 0 Å². The maximum Gasteiger partial charge on any atom is 0.409 e. The molecule has 0 saturated carbocycles. The number of ether oxygens (including phenoxy) is 1. The molecule has 8 heteroatoms. The van der Waals surface area contributed by atoms with Crippen molar-refractivity contribution < 1.29 is 13.9 Å². The van der Waals surface area contributed by atoms with Gasteiger partial charge in [0.2, 0.25) is 0 Å². The van der Waals surface area contributed by atoms with Crippen molar-refractivity contribution in [2.24, 2.45) is 4.99 Å². The van der Waals surface area contributed by atoms with E-state index in [1.54, 1.807) is 11.8 Å². The average Bonchev–Trinajstić information content (AvgIpc) is 2.68. The Morgan fingerprint density at radius 2 is 2.15 bits per heavy atom. The zero-order valence-corrected chi connectivity index (χ0v) is 15.8. The number of benzene rings is 1. The molecule has 0 bridgehead atoms. The second kappa shape index (κ2) is 10.4. The summed E-state index contributed by atoms with van der Waals surface area (Å²) in [4.78, 5) is 17.9. The summed E-state index contributed by atoms with van der Waals surface area (Å²) in [5, 5.41) is 15.4. The number of amides is 1. The van der Waals surface area contributed by atoms with Crippen LogP contribution < -0.4 is 10.6 Å². The van der Waals surface area contributed by atoms with Crippen LogP contribution in [0.25, 0.3) is 0 Å². The molecule has 1 amide bonds. The third kappa shape index (κ3) is 6.13. The molecule has 0 aliphatic carbocycles. The Morgan fingerprint density at radius 1 is 1.41 bits per heavy atom. The van der Waals surface area contributed by atoms with Crippen LogP contribution in [-0.4, -0.2) is 49.2 Å². The van der Waals surface area contributed by atoms with Crippen molar-refractivity contribution in [3.8, 4) is 6.07 Å². The van der Waals surface area contributed by atoms with Gasteiger partial charge in [0.15, 0.2) is 5.96 Å². The van der Waals surface area contributed by atoms with Crippen molar-refractivity contribution in [3.05, 3.63) is 35.1 Å². The second-order valence-corrected chi connectivity index (χ2v) is 6.22. The number of carbonyl (C=O) groups excluding carboxylic acids is 1. The number of nitrogens with zero attached hydrogens (tertiary/aromatic N) is 3. The molecule has 0 radical (unpaired) electrons. The minimum Gasteiger partial charge on any atom is -0.450 e. The van der Waals surface area contributed by atoms with Gasteiger partial charge in [-0.25, -0.2) is 14.2 Å². The SMILES string of the molecule is CCNC(=NCc1cc(C#N)ccc1F)NC1CCN(C(=O)OCC)CC1. The van der Waals surface area contributed by atoms with Crippen LogP contribution in [0.5, 0.6) is 0 Å². The summed E-state index contributed by atoms with van der Waals surface area (Å²) in [5.41, 5.74) is 0.786. The summed E-state index contributed by atoms with van der Waals surface area (Å²) in [7, 11) is 0. The number of nitriles is 1. The van der Waals surface area contributed by atoms with Crippen molar-refractivity contribution in [1.29, 1.82) is 5.26 Å². The van der Waals surface area contributed by atoms with Gasteiger partial charge in [0, 0.05) is 31.2 Å². The quantitative estimate of drug-likeness (QED) is 0.609. The number of hydrogen-bond donors (Lipinski definition) is 2. The number of aliphatic imine (C=N–C) groups is 1. The molecule has 1 fully saturated rings. The normalized spacial score (nSPS) is 15.2. The second-order valence-electron chi connectivity index (χ2n) is 6.22. The highest BCUT2D eigenvalue weighted by Gasteiger charge is 2.24. The monoisotopic (exact) mass is 375 g/mol. The Bertz CT molecular complexity index is 709. The maximum atomic E-state index is 13.9. The summed E-state index contributed by atoms with van der Waals surface area (Å²) >= 11 is 0. The van der Waals surface area contributed by atoms with E-state index in [0.29, 0.717) is 43.3 Å². The minimum atomic E-state index is -0.378. The molecule has 27 heavy (non-hydrogen) atoms. The molecule has 1 aromatic carbocycles. The van der Waals surface area contributed by atoms with Gasteiger partial charge in [0.1, 0.15) is 5.82 Å². The summed E-state index contributed by atoms with van der Waals surface area (Å²) < 4.78 is 18.9. The Balaban J connectivity index is 1.95. The van der Waals surface area contributed by atoms with Crippen molar-refractivity contribution >= 4 is 12.1 Å². The van der Waals surface area contributed by atoms with E-state index in [1.807, 2.05) is 13.0 Å². The number of piperidine rings is 1. The molecule has 0 atom stereocenters. The molecule has 2 rings (SSSR count). The highest BCUT2D eigenvalue weighted by atomic mass is 19.1. The van der Waals surface area contributed by atoms with Crippen LogP contribution in [0, 0.1) is 17.1 Å². The molecule has 146 valence electrons. The Hall–Kier alpha value is -2.82. The number of guanidine groups is 1. The first-order valence-electron chi connectivity index (χ1n) is 9.22. The zero-order chi connectivity index (χ0) is 19.6. The molecule has 1 saturated heterocycles. The average molecular weight is 375 g/mol. The number of nitrogens with one attached hydrogen (secondary N) is 2. The van der Waals surface area contributed by atoms with Crippen LogP contribution in [0.1, 0.15) is 37.8 Å².